The maximum Gasteiger partial charge on any atom is 0.244 e. The maximum atomic E-state index is 14.5. The minimum Gasteiger partial charge on any atom is -0.491 e. The van der Waals surface area contributed by atoms with Gasteiger partial charge >= 0.3 is 0 Å². The highest BCUT2D eigenvalue weighted by molar-refractivity contribution is 7.92. The monoisotopic (exact) mass is 504 g/mol. The summed E-state index contributed by atoms with van der Waals surface area (Å²) in [6, 6.07) is 8.56. The van der Waals surface area contributed by atoms with E-state index in [1.165, 1.54) is 12.2 Å². The van der Waals surface area contributed by atoms with Crippen LogP contribution in [0.25, 0.3) is 12.2 Å². The van der Waals surface area contributed by atoms with Gasteiger partial charge in [-0.15, -0.1) is 0 Å². The fourth-order valence-electron chi connectivity index (χ4n) is 3.15. The standard InChI is InChI=1S/C26H33FN2O5S/c1-7-19-14-18(15-22(27)25(19)29-35(6,31)32)17-28-24(30)11-9-20-8-10-21(26(2,3)4)16-23(20)34-13-12-33-5/h7-11,14-16,29H,1,12-13,17H2,2-6H3,(H,28,30). The van der Waals surface area contributed by atoms with Crippen molar-refractivity contribution in [3.8, 4) is 5.75 Å². The highest BCUT2D eigenvalue weighted by Crippen LogP contribution is 2.29. The van der Waals surface area contributed by atoms with Crippen molar-refractivity contribution in [2.24, 2.45) is 0 Å². The Labute approximate surface area is 207 Å². The third-order valence-electron chi connectivity index (χ3n) is 4.99. The molecule has 7 nitrogen and oxygen atoms in total. The van der Waals surface area contributed by atoms with Gasteiger partial charge in [0.1, 0.15) is 18.2 Å². The lowest BCUT2D eigenvalue weighted by molar-refractivity contribution is -0.116. The van der Waals surface area contributed by atoms with Crippen molar-refractivity contribution in [3.63, 3.8) is 0 Å². The van der Waals surface area contributed by atoms with Crippen molar-refractivity contribution < 1.29 is 27.1 Å². The van der Waals surface area contributed by atoms with Crippen molar-refractivity contribution in [3.05, 3.63) is 71.1 Å². The lowest BCUT2D eigenvalue weighted by Crippen LogP contribution is -2.20. The molecule has 35 heavy (non-hydrogen) atoms. The van der Waals surface area contributed by atoms with Crippen LogP contribution in [0.15, 0.2) is 43.0 Å². The van der Waals surface area contributed by atoms with Crippen LogP contribution in [0.3, 0.4) is 0 Å². The Morgan fingerprint density at radius 1 is 1.14 bits per heavy atom. The van der Waals surface area contributed by atoms with Gasteiger partial charge in [-0.05, 0) is 40.8 Å². The molecule has 0 atom stereocenters. The van der Waals surface area contributed by atoms with Gasteiger partial charge < -0.3 is 14.8 Å². The van der Waals surface area contributed by atoms with Crippen LogP contribution in [0.4, 0.5) is 10.1 Å². The maximum absolute atomic E-state index is 14.5. The Bertz CT molecular complexity index is 1200. The van der Waals surface area contributed by atoms with Crippen LogP contribution in [0, 0.1) is 5.82 Å². The third-order valence-corrected chi connectivity index (χ3v) is 5.57. The number of benzene rings is 2. The summed E-state index contributed by atoms with van der Waals surface area (Å²) < 4.78 is 50.5. The lowest BCUT2D eigenvalue weighted by Gasteiger charge is -2.21. The molecule has 1 amide bonds. The second-order valence-electron chi connectivity index (χ2n) is 9.02. The van der Waals surface area contributed by atoms with Crippen molar-refractivity contribution in [2.75, 3.05) is 31.3 Å². The fraction of sp³-hybridized carbons (Fsp3) is 0.346. The molecule has 9 heteroatoms. The summed E-state index contributed by atoms with van der Waals surface area (Å²) in [6.45, 7) is 10.8. The van der Waals surface area contributed by atoms with Gasteiger partial charge in [0.2, 0.25) is 15.9 Å². The fourth-order valence-corrected chi connectivity index (χ4v) is 3.74. The average Bonchev–Trinajstić information content (AvgIpc) is 2.76. The molecule has 0 aliphatic heterocycles. The molecule has 0 bridgehead atoms. The van der Waals surface area contributed by atoms with Crippen molar-refractivity contribution in [2.45, 2.75) is 32.7 Å². The van der Waals surface area contributed by atoms with Gasteiger partial charge in [0.25, 0.3) is 0 Å². The van der Waals surface area contributed by atoms with E-state index in [0.29, 0.717) is 24.5 Å². The molecule has 2 aromatic rings. The zero-order chi connectivity index (χ0) is 26.2. The van der Waals surface area contributed by atoms with Crippen molar-refractivity contribution in [1.29, 1.82) is 0 Å². The summed E-state index contributed by atoms with van der Waals surface area (Å²) in [6.07, 6.45) is 5.30. The number of hydrogen-bond donors (Lipinski definition) is 2. The zero-order valence-electron chi connectivity index (χ0n) is 20.8. The van der Waals surface area contributed by atoms with E-state index < -0.39 is 15.8 Å². The number of sulfonamides is 1. The number of hydrogen-bond acceptors (Lipinski definition) is 5. The Morgan fingerprint density at radius 2 is 1.86 bits per heavy atom. The molecule has 0 radical (unpaired) electrons. The van der Waals surface area contributed by atoms with E-state index in [1.807, 2.05) is 18.2 Å². The number of ether oxygens (including phenoxy) is 2. The van der Waals surface area contributed by atoms with Gasteiger partial charge in [-0.3, -0.25) is 9.52 Å². The minimum absolute atomic E-state index is 0.0419. The predicted octanol–water partition coefficient (Wildman–Crippen LogP) is 4.49. The summed E-state index contributed by atoms with van der Waals surface area (Å²) in [5.41, 5.74) is 2.31. The molecule has 0 fully saturated rings. The van der Waals surface area contributed by atoms with E-state index in [9.17, 15) is 17.6 Å². The van der Waals surface area contributed by atoms with Crippen LogP contribution in [-0.2, 0) is 31.5 Å². The number of rotatable bonds is 11. The summed E-state index contributed by atoms with van der Waals surface area (Å²) >= 11 is 0. The Kier molecular flexibility index (Phi) is 9.62. The number of halogens is 1. The minimum atomic E-state index is -3.66. The van der Waals surface area contributed by atoms with Crippen LogP contribution < -0.4 is 14.8 Å². The van der Waals surface area contributed by atoms with E-state index in [2.05, 4.69) is 37.4 Å². The van der Waals surface area contributed by atoms with Crippen LogP contribution in [0.2, 0.25) is 0 Å². The first-order valence-electron chi connectivity index (χ1n) is 11.0. The van der Waals surface area contributed by atoms with E-state index in [4.69, 9.17) is 9.47 Å². The molecule has 190 valence electrons. The van der Waals surface area contributed by atoms with Crippen molar-refractivity contribution in [1.82, 2.24) is 5.32 Å². The predicted molar refractivity (Wildman–Crippen MR) is 138 cm³/mol. The van der Waals surface area contributed by atoms with Crippen LogP contribution in [-0.4, -0.2) is 40.9 Å². The second-order valence-corrected chi connectivity index (χ2v) is 10.8. The molecule has 0 unspecified atom stereocenters. The number of methoxy groups -OCH3 is 1. The topological polar surface area (TPSA) is 93.7 Å². The number of amides is 1. The summed E-state index contributed by atoms with van der Waals surface area (Å²) in [7, 11) is -2.06. The first-order chi connectivity index (χ1) is 16.3. The van der Waals surface area contributed by atoms with E-state index >= 15 is 0 Å². The Balaban J connectivity index is 2.15. The highest BCUT2D eigenvalue weighted by atomic mass is 32.2. The molecule has 0 saturated carbocycles. The SMILES string of the molecule is C=Cc1cc(CNC(=O)C=Cc2ccc(C(C)(C)C)cc2OCCOC)cc(F)c1NS(C)(=O)=O. The summed E-state index contributed by atoms with van der Waals surface area (Å²) in [5.74, 6) is -0.499. The van der Waals surface area contributed by atoms with E-state index in [0.717, 1.165) is 23.4 Å². The lowest BCUT2D eigenvalue weighted by atomic mass is 9.86. The van der Waals surface area contributed by atoms with E-state index in [-0.39, 0.29) is 29.1 Å². The number of nitrogens with one attached hydrogen (secondary N) is 2. The molecule has 2 rings (SSSR count). The first kappa shape index (κ1) is 28.1. The van der Waals surface area contributed by atoms with Gasteiger partial charge in [-0.25, -0.2) is 12.8 Å². The molecular formula is C26H33FN2O5S. The van der Waals surface area contributed by atoms with Gasteiger partial charge in [0.15, 0.2) is 0 Å². The molecule has 2 N–H and O–H groups in total. The molecule has 0 spiro atoms. The van der Waals surface area contributed by atoms with Gasteiger partial charge in [-0.2, -0.15) is 0 Å². The largest absolute Gasteiger partial charge is 0.491 e. The molecule has 0 saturated heterocycles. The number of carbonyl (C=O) groups excluding carboxylic acids is 1. The van der Waals surface area contributed by atoms with E-state index in [1.54, 1.807) is 19.3 Å². The van der Waals surface area contributed by atoms with Gasteiger partial charge in [-0.1, -0.05) is 45.6 Å². The average molecular weight is 505 g/mol. The Morgan fingerprint density at radius 3 is 2.46 bits per heavy atom. The molecule has 0 aliphatic rings. The molecule has 0 heterocycles. The van der Waals surface area contributed by atoms with Crippen molar-refractivity contribution >= 4 is 33.8 Å². The highest BCUT2D eigenvalue weighted by Gasteiger charge is 2.16. The summed E-state index contributed by atoms with van der Waals surface area (Å²) in [4.78, 5) is 12.4. The molecule has 2 aromatic carbocycles. The molecular weight excluding hydrogens is 471 g/mol. The van der Waals surface area contributed by atoms with Crippen LogP contribution >= 0.6 is 0 Å². The van der Waals surface area contributed by atoms with Gasteiger partial charge in [0, 0.05) is 30.9 Å². The number of anilines is 1. The quantitative estimate of drug-likeness (QED) is 0.347. The molecule has 0 aromatic heterocycles. The summed E-state index contributed by atoms with van der Waals surface area (Å²) in [5, 5.41) is 2.70. The molecule has 0 aliphatic carbocycles. The Hall–Kier alpha value is -3.17. The number of carbonyl (C=O) groups is 1. The van der Waals surface area contributed by atoms with Crippen LogP contribution in [0.1, 0.15) is 43.0 Å². The normalized spacial score (nSPS) is 11.9. The smallest absolute Gasteiger partial charge is 0.244 e. The van der Waals surface area contributed by atoms with Gasteiger partial charge in [0.05, 0.1) is 18.6 Å². The van der Waals surface area contributed by atoms with Crippen LogP contribution in [0.5, 0.6) is 5.75 Å². The second kappa shape index (κ2) is 12.0. The zero-order valence-corrected chi connectivity index (χ0v) is 21.6. The third kappa shape index (κ3) is 8.84. The first-order valence-corrected chi connectivity index (χ1v) is 12.9.